The first kappa shape index (κ1) is 15.4. The van der Waals surface area contributed by atoms with Crippen molar-refractivity contribution in [2.24, 2.45) is 5.41 Å². The molecule has 1 aliphatic carbocycles. The maximum Gasteiger partial charge on any atom is 0.171 e. The molecule has 0 fully saturated rings. The van der Waals surface area contributed by atoms with Crippen LogP contribution in [-0.2, 0) is 0 Å². The number of carbonyl (C=O) groups is 1. The van der Waals surface area contributed by atoms with E-state index in [1.54, 1.807) is 7.11 Å². The van der Waals surface area contributed by atoms with E-state index in [2.05, 4.69) is 0 Å². The second kappa shape index (κ2) is 5.29. The molecule has 2 aromatic rings. The van der Waals surface area contributed by atoms with Crippen LogP contribution in [0.15, 0.2) is 36.4 Å². The average molecular weight is 335 g/mol. The molecule has 0 saturated carbocycles. The van der Waals surface area contributed by atoms with Crippen LogP contribution in [0.1, 0.15) is 41.3 Å². The Morgan fingerprint density at radius 2 is 1.73 bits per heavy atom. The number of hydrogen-bond donors (Lipinski definition) is 0. The molecular weight excluding hydrogens is 319 g/mol. The molecule has 2 nitrogen and oxygen atoms in total. The van der Waals surface area contributed by atoms with Crippen LogP contribution in [0.25, 0.3) is 0 Å². The van der Waals surface area contributed by atoms with Crippen molar-refractivity contribution in [1.82, 2.24) is 0 Å². The van der Waals surface area contributed by atoms with E-state index in [-0.39, 0.29) is 16.7 Å². The van der Waals surface area contributed by atoms with Gasteiger partial charge in [-0.05, 0) is 17.2 Å². The number of methoxy groups -OCH3 is 1. The summed E-state index contributed by atoms with van der Waals surface area (Å²) in [5.41, 5.74) is 1.90. The van der Waals surface area contributed by atoms with Gasteiger partial charge in [0.05, 0.1) is 12.1 Å². The Kier molecular flexibility index (Phi) is 3.70. The largest absolute Gasteiger partial charge is 0.495 e. The van der Waals surface area contributed by atoms with Gasteiger partial charge in [0, 0.05) is 16.9 Å². The normalized spacial score (nSPS) is 19.1. The number of halogens is 2. The number of benzene rings is 2. The lowest BCUT2D eigenvalue weighted by Gasteiger charge is -2.26. The zero-order valence-electron chi connectivity index (χ0n) is 12.6. The first-order chi connectivity index (χ1) is 10.4. The molecule has 3 rings (SSSR count). The highest BCUT2D eigenvalue weighted by molar-refractivity contribution is 6.45. The molecule has 0 amide bonds. The van der Waals surface area contributed by atoms with E-state index in [4.69, 9.17) is 27.9 Å². The van der Waals surface area contributed by atoms with Gasteiger partial charge in [-0.3, -0.25) is 4.79 Å². The van der Waals surface area contributed by atoms with Gasteiger partial charge in [-0.1, -0.05) is 67.4 Å². The Morgan fingerprint density at radius 3 is 2.32 bits per heavy atom. The highest BCUT2D eigenvalue weighted by Crippen LogP contribution is 2.54. The zero-order chi connectivity index (χ0) is 16.1. The Morgan fingerprint density at radius 1 is 1.09 bits per heavy atom. The SMILES string of the molecule is COc1cc2c(c(Cl)c1Cl)C(=O)C(C)(C)[C@@H]2c1ccccc1. The maximum atomic E-state index is 12.9. The van der Waals surface area contributed by atoms with Crippen LogP contribution in [0.2, 0.25) is 10.0 Å². The second-order valence-electron chi connectivity index (χ2n) is 6.07. The van der Waals surface area contributed by atoms with E-state index >= 15 is 0 Å². The smallest absolute Gasteiger partial charge is 0.171 e. The third-order valence-corrected chi connectivity index (χ3v) is 5.25. The Bertz CT molecular complexity index is 751. The lowest BCUT2D eigenvalue weighted by Crippen LogP contribution is -2.24. The fourth-order valence-corrected chi connectivity index (χ4v) is 3.83. The minimum Gasteiger partial charge on any atom is -0.495 e. The highest BCUT2D eigenvalue weighted by Gasteiger charge is 2.48. The van der Waals surface area contributed by atoms with Crippen LogP contribution in [0.4, 0.5) is 0 Å². The molecule has 1 aliphatic rings. The summed E-state index contributed by atoms with van der Waals surface area (Å²) in [5.74, 6) is 0.447. The molecule has 0 radical (unpaired) electrons. The minimum atomic E-state index is -0.580. The molecule has 4 heteroatoms. The first-order valence-corrected chi connectivity index (χ1v) is 7.80. The number of ketones is 1. The highest BCUT2D eigenvalue weighted by atomic mass is 35.5. The fraction of sp³-hybridized carbons (Fsp3) is 0.278. The number of rotatable bonds is 2. The van der Waals surface area contributed by atoms with Gasteiger partial charge in [-0.15, -0.1) is 0 Å². The number of ether oxygens (including phenoxy) is 1. The number of fused-ring (bicyclic) bond motifs is 1. The summed E-state index contributed by atoms with van der Waals surface area (Å²) < 4.78 is 5.31. The molecule has 0 bridgehead atoms. The van der Waals surface area contributed by atoms with Gasteiger partial charge in [0.1, 0.15) is 10.8 Å². The summed E-state index contributed by atoms with van der Waals surface area (Å²) in [5, 5.41) is 0.577. The molecule has 1 atom stereocenters. The number of hydrogen-bond acceptors (Lipinski definition) is 2. The molecule has 0 saturated heterocycles. The lowest BCUT2D eigenvalue weighted by atomic mass is 9.75. The van der Waals surface area contributed by atoms with E-state index in [0.717, 1.165) is 11.1 Å². The Labute approximate surface area is 140 Å². The molecule has 0 aromatic heterocycles. The molecule has 0 aliphatic heterocycles. The van der Waals surface area contributed by atoms with E-state index in [1.807, 2.05) is 50.2 Å². The maximum absolute atomic E-state index is 12.9. The first-order valence-electron chi connectivity index (χ1n) is 7.05. The van der Waals surface area contributed by atoms with Gasteiger partial charge in [-0.25, -0.2) is 0 Å². The molecular formula is C18H16Cl2O2. The molecule has 2 aromatic carbocycles. The Hall–Kier alpha value is -1.51. The predicted molar refractivity (Wildman–Crippen MR) is 89.4 cm³/mol. The van der Waals surface area contributed by atoms with Crippen molar-refractivity contribution in [3.8, 4) is 5.75 Å². The van der Waals surface area contributed by atoms with E-state index < -0.39 is 5.41 Å². The summed E-state index contributed by atoms with van der Waals surface area (Å²) >= 11 is 12.6. The van der Waals surface area contributed by atoms with Crippen molar-refractivity contribution < 1.29 is 9.53 Å². The minimum absolute atomic E-state index is 0.0194. The molecule has 0 spiro atoms. The summed E-state index contributed by atoms with van der Waals surface area (Å²) in [4.78, 5) is 12.9. The van der Waals surface area contributed by atoms with Gasteiger partial charge in [0.25, 0.3) is 0 Å². The number of Topliss-reactive ketones (excluding diaryl/α,β-unsaturated/α-hetero) is 1. The molecule has 0 N–H and O–H groups in total. The van der Waals surface area contributed by atoms with Crippen molar-refractivity contribution in [2.45, 2.75) is 19.8 Å². The van der Waals surface area contributed by atoms with Gasteiger partial charge >= 0.3 is 0 Å². The van der Waals surface area contributed by atoms with Gasteiger partial charge in [0.15, 0.2) is 5.78 Å². The van der Waals surface area contributed by atoms with Crippen LogP contribution >= 0.6 is 23.2 Å². The van der Waals surface area contributed by atoms with Gasteiger partial charge < -0.3 is 4.74 Å². The van der Waals surface area contributed by atoms with E-state index in [9.17, 15) is 4.79 Å². The molecule has 114 valence electrons. The van der Waals surface area contributed by atoms with Crippen molar-refractivity contribution >= 4 is 29.0 Å². The second-order valence-corrected chi connectivity index (χ2v) is 6.82. The average Bonchev–Trinajstić information content (AvgIpc) is 2.70. The van der Waals surface area contributed by atoms with Gasteiger partial charge in [-0.2, -0.15) is 0 Å². The van der Waals surface area contributed by atoms with Crippen LogP contribution in [0.5, 0.6) is 5.75 Å². The van der Waals surface area contributed by atoms with Crippen LogP contribution < -0.4 is 4.74 Å². The van der Waals surface area contributed by atoms with Crippen molar-refractivity contribution in [3.63, 3.8) is 0 Å². The van der Waals surface area contributed by atoms with Crippen LogP contribution in [0, 0.1) is 5.41 Å². The summed E-state index contributed by atoms with van der Waals surface area (Å²) in [6, 6.07) is 11.8. The standard InChI is InChI=1S/C18H16Cl2O2/c1-18(2)14(10-7-5-4-6-8-10)11-9-12(22-3)15(19)16(20)13(11)17(18)21/h4-9,14H,1-3H3/t14-/m1/s1. The monoisotopic (exact) mass is 334 g/mol. The van der Waals surface area contributed by atoms with Gasteiger partial charge in [0.2, 0.25) is 0 Å². The predicted octanol–water partition coefficient (Wildman–Crippen LogP) is 5.36. The lowest BCUT2D eigenvalue weighted by molar-refractivity contribution is 0.0847. The quantitative estimate of drug-likeness (QED) is 0.739. The zero-order valence-corrected chi connectivity index (χ0v) is 14.1. The molecule has 0 unspecified atom stereocenters. The van der Waals surface area contributed by atoms with Crippen molar-refractivity contribution in [2.75, 3.05) is 7.11 Å². The van der Waals surface area contributed by atoms with E-state index in [0.29, 0.717) is 16.3 Å². The topological polar surface area (TPSA) is 26.3 Å². The summed E-state index contributed by atoms with van der Waals surface area (Å²) in [6.45, 7) is 3.90. The molecule has 0 heterocycles. The number of carbonyl (C=O) groups excluding carboxylic acids is 1. The third-order valence-electron chi connectivity index (χ3n) is 4.40. The van der Waals surface area contributed by atoms with Crippen molar-refractivity contribution in [1.29, 1.82) is 0 Å². The third kappa shape index (κ3) is 2.05. The van der Waals surface area contributed by atoms with Crippen molar-refractivity contribution in [3.05, 3.63) is 63.1 Å². The summed E-state index contributed by atoms with van der Waals surface area (Å²) in [7, 11) is 1.55. The Balaban J connectivity index is 2.32. The van der Waals surface area contributed by atoms with E-state index in [1.165, 1.54) is 0 Å². The van der Waals surface area contributed by atoms with Crippen LogP contribution in [0.3, 0.4) is 0 Å². The molecule has 22 heavy (non-hydrogen) atoms. The summed E-state index contributed by atoms with van der Waals surface area (Å²) in [6.07, 6.45) is 0. The fourth-order valence-electron chi connectivity index (χ4n) is 3.31. The van der Waals surface area contributed by atoms with Crippen LogP contribution in [-0.4, -0.2) is 12.9 Å².